The maximum Gasteiger partial charge on any atom is 0.323 e. The first-order chi connectivity index (χ1) is 25.8. The molecule has 0 radical (unpaired) electrons. The Hall–Kier alpha value is -6.36. The summed E-state index contributed by atoms with van der Waals surface area (Å²) in [6, 6.07) is 18.7. The molecule has 0 aliphatic heterocycles. The number of hydrogen-bond donors (Lipinski definition) is 7. The first kappa shape index (κ1) is 38.4. The third-order valence-corrected chi connectivity index (χ3v) is 10.6. The van der Waals surface area contributed by atoms with Gasteiger partial charge in [-0.05, 0) is 102 Å². The molecule has 55 heavy (non-hydrogen) atoms. The fourth-order valence-electron chi connectivity index (χ4n) is 5.40. The normalized spacial score (nSPS) is 15.8. The number of carbonyl (C=O) groups is 3. The van der Waals surface area contributed by atoms with E-state index < -0.39 is 74.1 Å². The summed E-state index contributed by atoms with van der Waals surface area (Å²) in [5.74, 6) is -1.75. The molecule has 6 rings (SSSR count). The van der Waals surface area contributed by atoms with Gasteiger partial charge in [0.1, 0.15) is 9.81 Å². The number of benzene rings is 4. The van der Waals surface area contributed by atoms with Crippen LogP contribution in [0.5, 0.6) is 0 Å². The van der Waals surface area contributed by atoms with Crippen LogP contribution in [0.25, 0.3) is 12.2 Å². The number of urea groups is 1. The second-order valence-electron chi connectivity index (χ2n) is 11.8. The van der Waals surface area contributed by atoms with Gasteiger partial charge in [-0.2, -0.15) is 35.5 Å². The van der Waals surface area contributed by atoms with Crippen molar-refractivity contribution >= 4 is 94.3 Å². The zero-order valence-corrected chi connectivity index (χ0v) is 30.3. The molecule has 21 heteroatoms. The van der Waals surface area contributed by atoms with E-state index in [1.807, 2.05) is 0 Å². The van der Waals surface area contributed by atoms with E-state index in [1.54, 1.807) is 30.3 Å². The molecule has 282 valence electrons. The highest BCUT2D eigenvalue weighted by Gasteiger charge is 2.34. The minimum absolute atomic E-state index is 0.0162. The fraction of sp³-hybridized carbons (Fsp3) is 0.0294. The lowest BCUT2D eigenvalue weighted by Crippen LogP contribution is -2.27. The fourth-order valence-corrected chi connectivity index (χ4v) is 7.28. The second kappa shape index (κ2) is 14.5. The van der Waals surface area contributed by atoms with Crippen molar-refractivity contribution in [1.29, 1.82) is 0 Å². The zero-order valence-electron chi connectivity index (χ0n) is 27.9. The molecule has 2 aliphatic carbocycles. The number of hydrogen-bond acceptors (Lipinski definition) is 13. The van der Waals surface area contributed by atoms with Crippen LogP contribution in [-0.4, -0.2) is 67.9 Å². The number of aryl methyl sites for hydroxylation is 1. The largest absolute Gasteiger partial charge is 0.323 e. The van der Waals surface area contributed by atoms with Crippen molar-refractivity contribution in [3.05, 3.63) is 123 Å². The van der Waals surface area contributed by atoms with Gasteiger partial charge in [0.25, 0.3) is 30.4 Å². The standard InChI is InChI=1S/C34H26N6O12S3/c1-18-13-24(53(44,45)46)9-12-27(18)38-40-31-29(55(50,51)52)17-20-15-23(8-11-26(20)33(31)42)36-34(43)35-22-7-10-25-19(14-22)16-28(54(47,48)49)30(32(25)41)39-37-21-5-3-2-4-6-21/h2-17,37-38H,1H3,(H2,35,36,43)(H,44,45,46)(H,47,48,49)(H,50,51,52). The highest BCUT2D eigenvalue weighted by Crippen LogP contribution is 2.30. The molecule has 0 fully saturated rings. The number of rotatable bonds is 9. The Morgan fingerprint density at radius 1 is 0.582 bits per heavy atom. The van der Waals surface area contributed by atoms with Crippen LogP contribution in [0.4, 0.5) is 27.5 Å². The van der Waals surface area contributed by atoms with Crippen LogP contribution < -0.4 is 21.5 Å². The smallest absolute Gasteiger partial charge is 0.308 e. The van der Waals surface area contributed by atoms with Gasteiger partial charge in [-0.25, -0.2) is 4.79 Å². The molecule has 7 N–H and O–H groups in total. The number of nitrogens with one attached hydrogen (secondary N) is 4. The topological polar surface area (TPSA) is 287 Å². The second-order valence-corrected chi connectivity index (χ2v) is 16.0. The lowest BCUT2D eigenvalue weighted by atomic mass is 9.94. The molecule has 2 amide bonds. The molecule has 18 nitrogen and oxygen atoms in total. The van der Waals surface area contributed by atoms with Crippen LogP contribution in [-0.2, 0) is 30.4 Å². The van der Waals surface area contributed by atoms with Crippen LogP contribution >= 0.6 is 0 Å². The van der Waals surface area contributed by atoms with Crippen LogP contribution in [0.1, 0.15) is 37.4 Å². The summed E-state index contributed by atoms with van der Waals surface area (Å²) in [4.78, 5) is 37.6. The Morgan fingerprint density at radius 3 is 1.53 bits per heavy atom. The molecular weight excluding hydrogens is 781 g/mol. The van der Waals surface area contributed by atoms with E-state index in [-0.39, 0.29) is 44.9 Å². The van der Waals surface area contributed by atoms with E-state index in [9.17, 15) is 53.3 Å². The van der Waals surface area contributed by atoms with Gasteiger partial charge in [-0.1, -0.05) is 18.2 Å². The van der Waals surface area contributed by atoms with E-state index in [0.29, 0.717) is 5.69 Å². The van der Waals surface area contributed by atoms with Crippen molar-refractivity contribution < 1.29 is 53.3 Å². The monoisotopic (exact) mass is 806 g/mol. The molecule has 0 aromatic heterocycles. The molecule has 0 heterocycles. The van der Waals surface area contributed by atoms with Crippen molar-refractivity contribution in [1.82, 2.24) is 0 Å². The zero-order chi connectivity index (χ0) is 39.9. The number of ketones is 2. The van der Waals surface area contributed by atoms with Crippen molar-refractivity contribution in [2.24, 2.45) is 10.2 Å². The number of amides is 2. The summed E-state index contributed by atoms with van der Waals surface area (Å²) < 4.78 is 101. The molecule has 0 saturated heterocycles. The lowest BCUT2D eigenvalue weighted by Gasteiger charge is -2.18. The average molecular weight is 807 g/mol. The van der Waals surface area contributed by atoms with E-state index in [4.69, 9.17) is 0 Å². The van der Waals surface area contributed by atoms with Crippen molar-refractivity contribution in [2.45, 2.75) is 11.8 Å². The summed E-state index contributed by atoms with van der Waals surface area (Å²) in [6.45, 7) is 1.46. The van der Waals surface area contributed by atoms with Crippen molar-refractivity contribution in [3.8, 4) is 0 Å². The molecular formula is C34H26N6O12S3. The third kappa shape index (κ3) is 8.41. The van der Waals surface area contributed by atoms with E-state index in [1.165, 1.54) is 49.4 Å². The van der Waals surface area contributed by atoms with Gasteiger partial charge >= 0.3 is 6.03 Å². The quantitative estimate of drug-likeness (QED) is 0.0894. The molecule has 0 bridgehead atoms. The highest BCUT2D eigenvalue weighted by atomic mass is 32.2. The summed E-state index contributed by atoms with van der Waals surface area (Å²) in [6.07, 6.45) is 1.98. The number of nitrogens with zero attached hydrogens (tertiary/aromatic N) is 2. The maximum absolute atomic E-state index is 13.4. The number of anilines is 4. The molecule has 4 aromatic rings. The van der Waals surface area contributed by atoms with E-state index >= 15 is 0 Å². The van der Waals surface area contributed by atoms with Gasteiger partial charge in [-0.15, -0.1) is 0 Å². The molecule has 2 aliphatic rings. The molecule has 0 spiro atoms. The van der Waals surface area contributed by atoms with Crippen molar-refractivity contribution in [3.63, 3.8) is 0 Å². The molecule has 0 saturated carbocycles. The predicted molar refractivity (Wildman–Crippen MR) is 203 cm³/mol. The third-order valence-electron chi connectivity index (χ3n) is 7.99. The minimum Gasteiger partial charge on any atom is -0.308 e. The van der Waals surface area contributed by atoms with Crippen LogP contribution in [0.2, 0.25) is 0 Å². The van der Waals surface area contributed by atoms with Gasteiger partial charge in [0, 0.05) is 22.5 Å². The van der Waals surface area contributed by atoms with Crippen molar-refractivity contribution in [2.75, 3.05) is 21.5 Å². The van der Waals surface area contributed by atoms with Gasteiger partial charge in [-0.3, -0.25) is 34.1 Å². The number of carbonyl (C=O) groups excluding carboxylic acids is 3. The van der Waals surface area contributed by atoms with E-state index in [2.05, 4.69) is 31.7 Å². The number of para-hydroxylation sites is 1. The summed E-state index contributed by atoms with van der Waals surface area (Å²) >= 11 is 0. The lowest BCUT2D eigenvalue weighted by molar-refractivity contribution is 0.105. The Bertz CT molecular complexity index is 2800. The summed E-state index contributed by atoms with van der Waals surface area (Å²) in [5.41, 5.74) is 4.79. The Balaban J connectivity index is 1.22. The molecule has 0 atom stereocenters. The maximum atomic E-state index is 13.4. The van der Waals surface area contributed by atoms with E-state index in [0.717, 1.165) is 24.3 Å². The van der Waals surface area contributed by atoms with Gasteiger partial charge < -0.3 is 10.6 Å². The number of hydrazone groups is 2. The summed E-state index contributed by atoms with van der Waals surface area (Å²) in [7, 11) is -14.5. The van der Waals surface area contributed by atoms with Gasteiger partial charge in [0.2, 0.25) is 11.6 Å². The highest BCUT2D eigenvalue weighted by molar-refractivity contribution is 7.91. The first-order valence-electron chi connectivity index (χ1n) is 15.4. The molecule has 4 aromatic carbocycles. The predicted octanol–water partition coefficient (Wildman–Crippen LogP) is 4.67. The molecule has 0 unspecified atom stereocenters. The number of allylic oxidation sites excluding steroid dienone is 2. The van der Waals surface area contributed by atoms with Gasteiger partial charge in [0.05, 0.1) is 16.3 Å². The van der Waals surface area contributed by atoms with Crippen LogP contribution in [0.15, 0.2) is 110 Å². The summed E-state index contributed by atoms with van der Waals surface area (Å²) in [5, 5.41) is 12.8. The van der Waals surface area contributed by atoms with Gasteiger partial charge in [0.15, 0.2) is 11.4 Å². The Kier molecular flexibility index (Phi) is 10.1. The Morgan fingerprint density at radius 2 is 1.07 bits per heavy atom. The van der Waals surface area contributed by atoms with Crippen LogP contribution in [0.3, 0.4) is 0 Å². The first-order valence-corrected chi connectivity index (χ1v) is 19.8. The average Bonchev–Trinajstić information content (AvgIpc) is 3.10. The van der Waals surface area contributed by atoms with Crippen LogP contribution in [0, 0.1) is 6.92 Å². The Labute approximate surface area is 312 Å². The minimum atomic E-state index is -5.05. The SMILES string of the molecule is Cc1cc(S(=O)(=O)O)ccc1NN=C1C(=O)c2ccc(NC(=O)Nc3ccc4c(c3)C=C(S(=O)(=O)O)C(=NNc3ccccc3)C4=O)cc2C=C1S(=O)(=O)O. The number of Topliss-reactive ketones (excluding diaryl/α,β-unsaturated/α-hetero) is 2. The number of fused-ring (bicyclic) bond motifs is 2.